The summed E-state index contributed by atoms with van der Waals surface area (Å²) in [5, 5.41) is 7.76. The highest BCUT2D eigenvalue weighted by atomic mass is 16.3. The average Bonchev–Trinajstić information content (AvgIpc) is 3.05. The van der Waals surface area contributed by atoms with Crippen LogP contribution in [-0.2, 0) is 12.8 Å². The smallest absolute Gasteiger partial charge is 0.191 e. The molecule has 1 aromatic carbocycles. The Morgan fingerprint density at radius 3 is 2.76 bits per heavy atom. The molecule has 2 N–H and O–H groups in total. The van der Waals surface area contributed by atoms with Gasteiger partial charge in [-0.3, -0.25) is 9.98 Å². The first-order chi connectivity index (χ1) is 12.3. The molecule has 0 saturated carbocycles. The first kappa shape index (κ1) is 17.0. The SMILES string of the molecule is CCNC(=NCCc1cc2ccccc2o1)NCCc1ccccn1. The number of rotatable bonds is 7. The number of benzene rings is 1. The van der Waals surface area contributed by atoms with Gasteiger partial charge in [-0.2, -0.15) is 0 Å². The van der Waals surface area contributed by atoms with E-state index in [2.05, 4.69) is 39.7 Å². The second-order valence-electron chi connectivity index (χ2n) is 5.76. The maximum absolute atomic E-state index is 5.83. The molecule has 0 spiro atoms. The van der Waals surface area contributed by atoms with Crippen LogP contribution in [0.3, 0.4) is 0 Å². The minimum absolute atomic E-state index is 0.679. The van der Waals surface area contributed by atoms with Crippen LogP contribution in [0, 0.1) is 0 Å². The van der Waals surface area contributed by atoms with E-state index in [1.807, 2.05) is 42.6 Å². The molecule has 0 fully saturated rings. The van der Waals surface area contributed by atoms with E-state index in [1.165, 1.54) is 0 Å². The third kappa shape index (κ3) is 5.08. The first-order valence-electron chi connectivity index (χ1n) is 8.74. The summed E-state index contributed by atoms with van der Waals surface area (Å²) in [5.74, 6) is 1.80. The molecule has 0 aliphatic rings. The fourth-order valence-electron chi connectivity index (χ4n) is 2.63. The van der Waals surface area contributed by atoms with Gasteiger partial charge in [-0.05, 0) is 31.2 Å². The second-order valence-corrected chi connectivity index (χ2v) is 5.76. The van der Waals surface area contributed by atoms with E-state index in [4.69, 9.17) is 4.42 Å². The molecule has 0 unspecified atom stereocenters. The largest absolute Gasteiger partial charge is 0.461 e. The van der Waals surface area contributed by atoms with Crippen molar-refractivity contribution in [1.82, 2.24) is 15.6 Å². The zero-order chi connectivity index (χ0) is 17.3. The maximum Gasteiger partial charge on any atom is 0.191 e. The molecule has 0 aliphatic heterocycles. The molecule has 0 atom stereocenters. The zero-order valence-electron chi connectivity index (χ0n) is 14.5. The molecule has 0 amide bonds. The molecule has 25 heavy (non-hydrogen) atoms. The molecule has 0 saturated heterocycles. The number of aromatic nitrogens is 1. The van der Waals surface area contributed by atoms with Crippen LogP contribution >= 0.6 is 0 Å². The van der Waals surface area contributed by atoms with Crippen molar-refractivity contribution in [3.8, 4) is 0 Å². The summed E-state index contributed by atoms with van der Waals surface area (Å²) in [6.07, 6.45) is 3.47. The van der Waals surface area contributed by atoms with Gasteiger partial charge in [0, 0.05) is 49.8 Å². The second kappa shape index (κ2) is 8.87. The Morgan fingerprint density at radius 1 is 1.08 bits per heavy atom. The van der Waals surface area contributed by atoms with E-state index in [0.717, 1.165) is 54.3 Å². The van der Waals surface area contributed by atoms with Crippen LogP contribution in [0.1, 0.15) is 18.4 Å². The zero-order valence-corrected chi connectivity index (χ0v) is 14.5. The van der Waals surface area contributed by atoms with E-state index < -0.39 is 0 Å². The number of fused-ring (bicyclic) bond motifs is 1. The van der Waals surface area contributed by atoms with Crippen LogP contribution in [0.25, 0.3) is 11.0 Å². The van der Waals surface area contributed by atoms with Gasteiger partial charge in [0.1, 0.15) is 11.3 Å². The minimum Gasteiger partial charge on any atom is -0.461 e. The summed E-state index contributed by atoms with van der Waals surface area (Å²) >= 11 is 0. The van der Waals surface area contributed by atoms with Crippen molar-refractivity contribution in [2.45, 2.75) is 19.8 Å². The van der Waals surface area contributed by atoms with Gasteiger partial charge in [-0.15, -0.1) is 0 Å². The van der Waals surface area contributed by atoms with Gasteiger partial charge < -0.3 is 15.1 Å². The topological polar surface area (TPSA) is 62.5 Å². The number of nitrogens with zero attached hydrogens (tertiary/aromatic N) is 2. The van der Waals surface area contributed by atoms with Crippen molar-refractivity contribution in [1.29, 1.82) is 0 Å². The third-order valence-corrected chi connectivity index (χ3v) is 3.85. The molecular formula is C20H24N4O. The van der Waals surface area contributed by atoms with Gasteiger partial charge in [-0.1, -0.05) is 24.3 Å². The van der Waals surface area contributed by atoms with E-state index in [1.54, 1.807) is 0 Å². The lowest BCUT2D eigenvalue weighted by Gasteiger charge is -2.10. The Kier molecular flexibility index (Phi) is 6.04. The number of furan rings is 1. The van der Waals surface area contributed by atoms with Crippen LogP contribution in [0.15, 0.2) is 64.1 Å². The molecule has 0 bridgehead atoms. The van der Waals surface area contributed by atoms with Crippen molar-refractivity contribution in [3.63, 3.8) is 0 Å². The molecule has 0 aliphatic carbocycles. The van der Waals surface area contributed by atoms with Crippen molar-refractivity contribution < 1.29 is 4.42 Å². The van der Waals surface area contributed by atoms with Gasteiger partial charge in [0.25, 0.3) is 0 Å². The lowest BCUT2D eigenvalue weighted by atomic mass is 10.2. The molecule has 130 valence electrons. The molecule has 3 aromatic rings. The van der Waals surface area contributed by atoms with Crippen LogP contribution in [-0.4, -0.2) is 30.6 Å². The van der Waals surface area contributed by atoms with Crippen LogP contribution < -0.4 is 10.6 Å². The van der Waals surface area contributed by atoms with Crippen molar-refractivity contribution in [2.75, 3.05) is 19.6 Å². The molecule has 5 heteroatoms. The lowest BCUT2D eigenvalue weighted by Crippen LogP contribution is -2.38. The van der Waals surface area contributed by atoms with Gasteiger partial charge in [-0.25, -0.2) is 0 Å². The monoisotopic (exact) mass is 336 g/mol. The van der Waals surface area contributed by atoms with Gasteiger partial charge in [0.05, 0.1) is 0 Å². The summed E-state index contributed by atoms with van der Waals surface area (Å²) < 4.78 is 5.83. The van der Waals surface area contributed by atoms with Gasteiger partial charge >= 0.3 is 0 Å². The third-order valence-electron chi connectivity index (χ3n) is 3.85. The van der Waals surface area contributed by atoms with E-state index >= 15 is 0 Å². The quantitative estimate of drug-likeness (QED) is 0.514. The summed E-state index contributed by atoms with van der Waals surface area (Å²) in [7, 11) is 0. The predicted molar refractivity (Wildman–Crippen MR) is 102 cm³/mol. The van der Waals surface area contributed by atoms with E-state index in [9.17, 15) is 0 Å². The minimum atomic E-state index is 0.679. The van der Waals surface area contributed by atoms with Crippen LogP contribution in [0.4, 0.5) is 0 Å². The number of hydrogen-bond acceptors (Lipinski definition) is 3. The maximum atomic E-state index is 5.83. The number of nitrogens with one attached hydrogen (secondary N) is 2. The number of aliphatic imine (C=N–C) groups is 1. The van der Waals surface area contributed by atoms with Crippen molar-refractivity contribution in [2.24, 2.45) is 4.99 Å². The Hall–Kier alpha value is -2.82. The Morgan fingerprint density at radius 2 is 1.96 bits per heavy atom. The van der Waals surface area contributed by atoms with Gasteiger partial charge in [0.15, 0.2) is 5.96 Å². The Bertz CT molecular complexity index is 778. The van der Waals surface area contributed by atoms with Gasteiger partial charge in [0.2, 0.25) is 0 Å². The highest BCUT2D eigenvalue weighted by molar-refractivity contribution is 5.80. The number of para-hydroxylation sites is 1. The molecule has 3 rings (SSSR count). The summed E-state index contributed by atoms with van der Waals surface area (Å²) in [6, 6.07) is 16.1. The average molecular weight is 336 g/mol. The molecular weight excluding hydrogens is 312 g/mol. The number of hydrogen-bond donors (Lipinski definition) is 2. The van der Waals surface area contributed by atoms with Crippen LogP contribution in [0.2, 0.25) is 0 Å². The fourth-order valence-corrected chi connectivity index (χ4v) is 2.63. The number of pyridine rings is 1. The molecule has 2 aromatic heterocycles. The summed E-state index contributed by atoms with van der Waals surface area (Å²) in [5.41, 5.74) is 2.01. The standard InChI is InChI=1S/C20H24N4O/c1-2-21-20(23-13-10-17-8-5-6-12-22-17)24-14-11-18-15-16-7-3-4-9-19(16)25-18/h3-9,12,15H,2,10-11,13-14H2,1H3,(H2,21,23,24). The van der Waals surface area contributed by atoms with E-state index in [-0.39, 0.29) is 0 Å². The molecule has 5 nitrogen and oxygen atoms in total. The lowest BCUT2D eigenvalue weighted by molar-refractivity contribution is 0.550. The highest BCUT2D eigenvalue weighted by Crippen LogP contribution is 2.18. The number of guanidine groups is 1. The molecule has 0 radical (unpaired) electrons. The summed E-state index contributed by atoms with van der Waals surface area (Å²) in [4.78, 5) is 8.96. The fraction of sp³-hybridized carbons (Fsp3) is 0.300. The van der Waals surface area contributed by atoms with Crippen molar-refractivity contribution in [3.05, 3.63) is 66.2 Å². The normalized spacial score (nSPS) is 11.6. The predicted octanol–water partition coefficient (Wildman–Crippen LogP) is 3.17. The Balaban J connectivity index is 1.50. The molecule has 2 heterocycles. The van der Waals surface area contributed by atoms with Crippen LogP contribution in [0.5, 0.6) is 0 Å². The van der Waals surface area contributed by atoms with E-state index in [0.29, 0.717) is 6.54 Å². The summed E-state index contributed by atoms with van der Waals surface area (Å²) in [6.45, 7) is 4.38. The van der Waals surface area contributed by atoms with Crippen molar-refractivity contribution >= 4 is 16.9 Å². The highest BCUT2D eigenvalue weighted by Gasteiger charge is 2.03. The Labute approximate surface area is 148 Å². The first-order valence-corrected chi connectivity index (χ1v) is 8.74.